The molecular formula is C17H27N5O3S. The van der Waals surface area contributed by atoms with Gasteiger partial charge in [0.05, 0.1) is 11.4 Å². The average molecular weight is 382 g/mol. The van der Waals surface area contributed by atoms with Gasteiger partial charge in [0.15, 0.2) is 5.96 Å². The van der Waals surface area contributed by atoms with Crippen molar-refractivity contribution in [3.63, 3.8) is 0 Å². The van der Waals surface area contributed by atoms with Crippen LogP contribution in [0, 0.1) is 5.92 Å². The molecule has 0 radical (unpaired) electrons. The third-order valence-electron chi connectivity index (χ3n) is 4.28. The van der Waals surface area contributed by atoms with Crippen molar-refractivity contribution in [3.05, 3.63) is 29.8 Å². The van der Waals surface area contributed by atoms with Crippen LogP contribution in [0.2, 0.25) is 0 Å². The molecule has 0 bridgehead atoms. The van der Waals surface area contributed by atoms with Gasteiger partial charge in [-0.3, -0.25) is 4.79 Å². The van der Waals surface area contributed by atoms with Gasteiger partial charge in [0.25, 0.3) is 0 Å². The first kappa shape index (κ1) is 20.2. The maximum absolute atomic E-state index is 11.5. The van der Waals surface area contributed by atoms with Gasteiger partial charge in [-0.2, -0.15) is 0 Å². The smallest absolute Gasteiger partial charge is 0.238 e. The van der Waals surface area contributed by atoms with Crippen LogP contribution >= 0.6 is 0 Å². The highest BCUT2D eigenvalue weighted by Gasteiger charge is 2.23. The number of primary amides is 1. The largest absolute Gasteiger partial charge is 0.370 e. The van der Waals surface area contributed by atoms with Crippen molar-refractivity contribution in [2.75, 3.05) is 19.6 Å². The number of hydrogen-bond acceptors (Lipinski definition) is 4. The minimum absolute atomic E-state index is 0.0784. The Morgan fingerprint density at radius 1 is 1.42 bits per heavy atom. The average Bonchev–Trinajstić information content (AvgIpc) is 2.58. The fourth-order valence-corrected chi connectivity index (χ4v) is 3.71. The van der Waals surface area contributed by atoms with Gasteiger partial charge in [0.2, 0.25) is 15.9 Å². The lowest BCUT2D eigenvalue weighted by Gasteiger charge is -2.34. The van der Waals surface area contributed by atoms with Crippen LogP contribution in [-0.4, -0.2) is 44.8 Å². The summed E-state index contributed by atoms with van der Waals surface area (Å²) in [6, 6.07) is 6.47. The normalized spacial score (nSPS) is 18.6. The maximum atomic E-state index is 11.5. The van der Waals surface area contributed by atoms with Crippen molar-refractivity contribution in [1.82, 2.24) is 10.2 Å². The first-order valence-corrected chi connectivity index (χ1v) is 10.3. The van der Waals surface area contributed by atoms with Gasteiger partial charge in [-0.15, -0.1) is 0 Å². The Balaban J connectivity index is 2.12. The van der Waals surface area contributed by atoms with E-state index >= 15 is 0 Å². The van der Waals surface area contributed by atoms with Crippen molar-refractivity contribution in [2.24, 2.45) is 21.8 Å². The number of piperidine rings is 1. The summed E-state index contributed by atoms with van der Waals surface area (Å²) in [7, 11) is -3.73. The van der Waals surface area contributed by atoms with Gasteiger partial charge >= 0.3 is 0 Å². The minimum Gasteiger partial charge on any atom is -0.370 e. The van der Waals surface area contributed by atoms with E-state index in [-0.39, 0.29) is 16.7 Å². The second kappa shape index (κ2) is 9.00. The SMILES string of the molecule is CCNC(=NCc1cccc(S(N)(=O)=O)c1)N1CCCC(CC(N)=O)C1. The Bertz CT molecular complexity index is 763. The number of carbonyl (C=O) groups excluding carboxylic acids is 1. The van der Waals surface area contributed by atoms with E-state index in [0.717, 1.165) is 37.5 Å². The van der Waals surface area contributed by atoms with E-state index in [1.54, 1.807) is 6.07 Å². The van der Waals surface area contributed by atoms with Crippen LogP contribution < -0.4 is 16.2 Å². The topological polar surface area (TPSA) is 131 Å². The third-order valence-corrected chi connectivity index (χ3v) is 5.19. The quantitative estimate of drug-likeness (QED) is 0.484. The highest BCUT2D eigenvalue weighted by molar-refractivity contribution is 7.89. The molecule has 9 heteroatoms. The lowest BCUT2D eigenvalue weighted by Crippen LogP contribution is -2.47. The second-order valence-electron chi connectivity index (χ2n) is 6.49. The summed E-state index contributed by atoms with van der Waals surface area (Å²) in [6.07, 6.45) is 2.34. The van der Waals surface area contributed by atoms with Gasteiger partial charge in [0, 0.05) is 26.1 Å². The number of nitrogens with zero attached hydrogens (tertiary/aromatic N) is 2. The fraction of sp³-hybridized carbons (Fsp3) is 0.529. The molecule has 26 heavy (non-hydrogen) atoms. The summed E-state index contributed by atoms with van der Waals surface area (Å²) in [6.45, 7) is 4.63. The number of primary sulfonamides is 1. The molecule has 1 atom stereocenters. The predicted octanol–water partition coefficient (Wildman–Crippen LogP) is 0.387. The number of guanidine groups is 1. The number of hydrogen-bond donors (Lipinski definition) is 3. The van der Waals surface area contributed by atoms with E-state index in [1.807, 2.05) is 13.0 Å². The van der Waals surface area contributed by atoms with Crippen molar-refractivity contribution in [3.8, 4) is 0 Å². The summed E-state index contributed by atoms with van der Waals surface area (Å²) < 4.78 is 23.0. The van der Waals surface area contributed by atoms with Crippen LogP contribution in [0.5, 0.6) is 0 Å². The highest BCUT2D eigenvalue weighted by atomic mass is 32.2. The molecule has 2 rings (SSSR count). The number of likely N-dealkylation sites (tertiary alicyclic amines) is 1. The number of nitrogens with one attached hydrogen (secondary N) is 1. The molecule has 1 unspecified atom stereocenters. The summed E-state index contributed by atoms with van der Waals surface area (Å²) in [5, 5.41) is 8.44. The number of amides is 1. The third kappa shape index (κ3) is 5.99. The van der Waals surface area contributed by atoms with Crippen LogP contribution in [-0.2, 0) is 21.4 Å². The van der Waals surface area contributed by atoms with Crippen LogP contribution in [0.25, 0.3) is 0 Å². The van der Waals surface area contributed by atoms with Crippen LogP contribution in [0.4, 0.5) is 0 Å². The van der Waals surface area contributed by atoms with Gasteiger partial charge in [0.1, 0.15) is 0 Å². The summed E-state index contributed by atoms with van der Waals surface area (Å²) in [5.41, 5.74) is 6.09. The van der Waals surface area contributed by atoms with E-state index in [9.17, 15) is 13.2 Å². The Kier molecular flexibility index (Phi) is 6.98. The van der Waals surface area contributed by atoms with Crippen molar-refractivity contribution < 1.29 is 13.2 Å². The lowest BCUT2D eigenvalue weighted by atomic mass is 9.95. The minimum atomic E-state index is -3.73. The van der Waals surface area contributed by atoms with Crippen LogP contribution in [0.3, 0.4) is 0 Å². The predicted molar refractivity (Wildman–Crippen MR) is 101 cm³/mol. The number of sulfonamides is 1. The molecule has 0 spiro atoms. The molecule has 8 nitrogen and oxygen atoms in total. The first-order valence-electron chi connectivity index (χ1n) is 8.73. The zero-order chi connectivity index (χ0) is 19.2. The Morgan fingerprint density at radius 2 is 2.19 bits per heavy atom. The number of aliphatic imine (C=N–C) groups is 1. The standard InChI is InChI=1S/C17H27N5O3S/c1-2-20-17(22-8-4-6-14(12-22)10-16(18)23)21-11-13-5-3-7-15(9-13)26(19,24)25/h3,5,7,9,14H,2,4,6,8,10-12H2,1H3,(H2,18,23)(H,20,21)(H2,19,24,25). The Hall–Kier alpha value is -2.13. The Morgan fingerprint density at radius 3 is 2.85 bits per heavy atom. The fourth-order valence-electron chi connectivity index (χ4n) is 3.12. The molecule has 1 amide bonds. The van der Waals surface area contributed by atoms with Crippen molar-refractivity contribution >= 4 is 21.9 Å². The van der Waals surface area contributed by atoms with E-state index in [2.05, 4.69) is 15.2 Å². The van der Waals surface area contributed by atoms with Gasteiger partial charge in [-0.25, -0.2) is 18.5 Å². The second-order valence-corrected chi connectivity index (χ2v) is 8.05. The number of carbonyl (C=O) groups is 1. The van der Waals surface area contributed by atoms with Gasteiger partial charge in [-0.05, 0) is 43.4 Å². The van der Waals surface area contributed by atoms with E-state index in [0.29, 0.717) is 19.5 Å². The summed E-state index contributed by atoms with van der Waals surface area (Å²) >= 11 is 0. The van der Waals surface area contributed by atoms with Crippen molar-refractivity contribution in [2.45, 2.75) is 37.6 Å². The van der Waals surface area contributed by atoms with Gasteiger partial charge < -0.3 is 16.0 Å². The molecule has 0 saturated carbocycles. The molecule has 1 heterocycles. The number of benzene rings is 1. The molecule has 144 valence electrons. The summed E-state index contributed by atoms with van der Waals surface area (Å²) in [5.74, 6) is 0.706. The zero-order valence-corrected chi connectivity index (χ0v) is 15.8. The molecule has 0 aliphatic carbocycles. The van der Waals surface area contributed by atoms with Crippen LogP contribution in [0.15, 0.2) is 34.2 Å². The van der Waals surface area contributed by atoms with E-state index in [1.165, 1.54) is 12.1 Å². The monoisotopic (exact) mass is 381 g/mol. The van der Waals surface area contributed by atoms with Crippen LogP contribution in [0.1, 0.15) is 31.7 Å². The highest BCUT2D eigenvalue weighted by Crippen LogP contribution is 2.19. The molecule has 1 fully saturated rings. The Labute approximate surface area is 154 Å². The van der Waals surface area contributed by atoms with Gasteiger partial charge in [-0.1, -0.05) is 12.1 Å². The molecule has 1 aliphatic heterocycles. The molecule has 5 N–H and O–H groups in total. The maximum Gasteiger partial charge on any atom is 0.238 e. The molecular weight excluding hydrogens is 354 g/mol. The molecule has 0 aromatic heterocycles. The number of rotatable bonds is 6. The summed E-state index contributed by atoms with van der Waals surface area (Å²) in [4.78, 5) is 18.0. The number of nitrogens with two attached hydrogens (primary N) is 2. The van der Waals surface area contributed by atoms with E-state index < -0.39 is 10.0 Å². The first-order chi connectivity index (χ1) is 12.3. The lowest BCUT2D eigenvalue weighted by molar-refractivity contribution is -0.119. The zero-order valence-electron chi connectivity index (χ0n) is 15.0. The molecule has 1 aromatic carbocycles. The molecule has 1 aliphatic rings. The van der Waals surface area contributed by atoms with Crippen molar-refractivity contribution in [1.29, 1.82) is 0 Å². The molecule has 1 saturated heterocycles. The van der Waals surface area contributed by atoms with E-state index in [4.69, 9.17) is 10.9 Å². The molecule has 1 aromatic rings.